The lowest BCUT2D eigenvalue weighted by Crippen LogP contribution is -2.29. The first-order chi connectivity index (χ1) is 10.3. The number of aliphatic hydroxyl groups is 1. The van der Waals surface area contributed by atoms with Crippen molar-refractivity contribution in [3.63, 3.8) is 0 Å². The molecule has 2 rings (SSSR count). The lowest BCUT2D eigenvalue weighted by molar-refractivity contribution is -0.136. The Bertz CT molecular complexity index is 508. The van der Waals surface area contributed by atoms with Crippen molar-refractivity contribution >= 4 is 33.0 Å². The number of nitrogens with one attached hydrogen (secondary N) is 2. The van der Waals surface area contributed by atoms with Gasteiger partial charge >= 0.3 is 6.18 Å². The van der Waals surface area contributed by atoms with Crippen LogP contribution in [-0.2, 0) is 6.18 Å². The molecule has 0 spiro atoms. The highest BCUT2D eigenvalue weighted by Gasteiger charge is 2.35. The fourth-order valence-corrected chi connectivity index (χ4v) is 5.29. The molecule has 1 heterocycles. The van der Waals surface area contributed by atoms with E-state index in [1.807, 2.05) is 6.92 Å². The molecule has 1 aromatic rings. The Balaban J connectivity index is 2.21. The molecule has 5 N–H and O–H groups in total. The molecule has 4 nitrogen and oxygen atoms in total. The third-order valence-electron chi connectivity index (χ3n) is 3.26. The molecular formula is C13H18F3N3OS2. The zero-order valence-corrected chi connectivity index (χ0v) is 13.5. The fraction of sp³-hybridized carbons (Fsp3) is 0.538. The highest BCUT2D eigenvalue weighted by Crippen LogP contribution is 2.41. The summed E-state index contributed by atoms with van der Waals surface area (Å²) >= 11 is 0. The Morgan fingerprint density at radius 2 is 2.09 bits per heavy atom. The first-order valence-corrected chi connectivity index (χ1v) is 9.12. The van der Waals surface area contributed by atoms with Gasteiger partial charge in [-0.25, -0.2) is 0 Å². The number of nitrogens with two attached hydrogens (primary N) is 1. The number of aliphatic hydroxyl groups excluding tert-OH is 1. The van der Waals surface area contributed by atoms with Gasteiger partial charge in [0, 0.05) is 28.4 Å². The van der Waals surface area contributed by atoms with Crippen LogP contribution < -0.4 is 16.4 Å². The quantitative estimate of drug-likeness (QED) is 0.481. The van der Waals surface area contributed by atoms with Gasteiger partial charge in [0.25, 0.3) is 0 Å². The minimum atomic E-state index is -4.49. The second-order valence-electron chi connectivity index (χ2n) is 5.03. The molecule has 1 fully saturated rings. The molecule has 124 valence electrons. The van der Waals surface area contributed by atoms with Gasteiger partial charge in [0.05, 0.1) is 5.56 Å². The number of halogens is 3. The van der Waals surface area contributed by atoms with Crippen LogP contribution in [0.25, 0.3) is 0 Å². The molecular weight excluding hydrogens is 335 g/mol. The zero-order valence-electron chi connectivity index (χ0n) is 11.9. The Kier molecular flexibility index (Phi) is 5.76. The van der Waals surface area contributed by atoms with Gasteiger partial charge in [0.1, 0.15) is 0 Å². The largest absolute Gasteiger partial charge is 0.418 e. The summed E-state index contributed by atoms with van der Waals surface area (Å²) in [6.45, 7) is 1.89. The molecule has 0 aliphatic carbocycles. The van der Waals surface area contributed by atoms with Gasteiger partial charge in [-0.3, -0.25) is 5.73 Å². The highest BCUT2D eigenvalue weighted by atomic mass is 33.1. The molecule has 22 heavy (non-hydrogen) atoms. The lowest BCUT2D eigenvalue weighted by atomic mass is 10.1. The van der Waals surface area contributed by atoms with Crippen molar-refractivity contribution in [1.29, 1.82) is 0 Å². The van der Waals surface area contributed by atoms with Crippen molar-refractivity contribution in [2.75, 3.05) is 16.4 Å². The number of anilines is 2. The maximum absolute atomic E-state index is 13.2. The van der Waals surface area contributed by atoms with Gasteiger partial charge in [-0.2, -0.15) is 13.2 Å². The lowest BCUT2D eigenvalue weighted by Gasteiger charge is -2.23. The van der Waals surface area contributed by atoms with Crippen molar-refractivity contribution in [3.05, 3.63) is 23.8 Å². The predicted molar refractivity (Wildman–Crippen MR) is 86.8 cm³/mol. The van der Waals surface area contributed by atoms with Crippen LogP contribution in [0.3, 0.4) is 0 Å². The molecule has 1 aliphatic rings. The minimum Gasteiger partial charge on any atom is -0.381 e. The molecule has 0 radical (unpaired) electrons. The first-order valence-electron chi connectivity index (χ1n) is 6.73. The van der Waals surface area contributed by atoms with E-state index in [0.29, 0.717) is 0 Å². The summed E-state index contributed by atoms with van der Waals surface area (Å²) in [5.41, 5.74) is 4.50. The van der Waals surface area contributed by atoms with Crippen molar-refractivity contribution in [1.82, 2.24) is 0 Å². The van der Waals surface area contributed by atoms with Gasteiger partial charge in [-0.05, 0) is 31.5 Å². The molecule has 0 saturated carbocycles. The second-order valence-corrected chi connectivity index (χ2v) is 7.75. The normalized spacial score (nSPS) is 21.5. The molecule has 1 aliphatic heterocycles. The zero-order chi connectivity index (χ0) is 16.3. The van der Waals surface area contributed by atoms with Crippen LogP contribution >= 0.6 is 21.6 Å². The maximum atomic E-state index is 13.2. The van der Waals surface area contributed by atoms with E-state index in [4.69, 9.17) is 10.8 Å². The van der Waals surface area contributed by atoms with Crippen molar-refractivity contribution in [2.45, 2.75) is 37.2 Å². The summed E-state index contributed by atoms with van der Waals surface area (Å²) in [4.78, 5) is 0. The average molecular weight is 353 g/mol. The number of benzene rings is 1. The van der Waals surface area contributed by atoms with Crippen molar-refractivity contribution in [3.8, 4) is 0 Å². The van der Waals surface area contributed by atoms with Crippen LogP contribution in [0.4, 0.5) is 24.5 Å². The smallest absolute Gasteiger partial charge is 0.381 e. The van der Waals surface area contributed by atoms with Gasteiger partial charge in [0.2, 0.25) is 0 Å². The fourth-order valence-electron chi connectivity index (χ4n) is 2.18. The number of alkyl halides is 3. The third-order valence-corrected chi connectivity index (χ3v) is 6.34. The van der Waals surface area contributed by atoms with E-state index in [9.17, 15) is 13.2 Å². The number of hydrogen-bond acceptors (Lipinski definition) is 6. The van der Waals surface area contributed by atoms with E-state index in [0.717, 1.165) is 18.2 Å². The Morgan fingerprint density at radius 1 is 1.36 bits per heavy atom. The number of hydrogen-bond donors (Lipinski definition) is 4. The predicted octanol–water partition coefficient (Wildman–Crippen LogP) is 3.31. The van der Waals surface area contributed by atoms with Crippen LogP contribution in [0.15, 0.2) is 18.2 Å². The summed E-state index contributed by atoms with van der Waals surface area (Å²) in [7, 11) is 3.45. The van der Waals surface area contributed by atoms with Crippen LogP contribution in [0.1, 0.15) is 18.9 Å². The van der Waals surface area contributed by atoms with E-state index in [2.05, 4.69) is 10.6 Å². The Labute approximate surface area is 134 Å². The molecule has 0 aromatic heterocycles. The Hall–Kier alpha value is -0.770. The van der Waals surface area contributed by atoms with Crippen molar-refractivity contribution in [2.24, 2.45) is 5.73 Å². The first kappa shape index (κ1) is 17.6. The molecule has 9 heteroatoms. The topological polar surface area (TPSA) is 70.3 Å². The van der Waals surface area contributed by atoms with Crippen LogP contribution in [0.5, 0.6) is 0 Å². The van der Waals surface area contributed by atoms with Crippen molar-refractivity contribution < 1.29 is 18.3 Å². The van der Waals surface area contributed by atoms with E-state index in [1.165, 1.54) is 12.1 Å². The third kappa shape index (κ3) is 4.61. The molecule has 3 atom stereocenters. The highest BCUT2D eigenvalue weighted by molar-refractivity contribution is 8.77. The van der Waals surface area contributed by atoms with Crippen LogP contribution in [-0.4, -0.2) is 28.5 Å². The van der Waals surface area contributed by atoms with E-state index in [1.54, 1.807) is 21.6 Å². The van der Waals surface area contributed by atoms with Gasteiger partial charge < -0.3 is 15.7 Å². The SMILES string of the molecule is C[C@H](Nc1ccc(NC(N)O)cc1C(F)(F)F)C1CCSS1. The van der Waals surface area contributed by atoms with E-state index < -0.39 is 18.1 Å². The van der Waals surface area contributed by atoms with Gasteiger partial charge in [0.15, 0.2) is 6.35 Å². The summed E-state index contributed by atoms with van der Waals surface area (Å²) in [6, 6.07) is 3.69. The number of rotatable bonds is 5. The van der Waals surface area contributed by atoms with Gasteiger partial charge in [-0.1, -0.05) is 21.6 Å². The molecule has 0 amide bonds. The molecule has 1 aromatic carbocycles. The van der Waals surface area contributed by atoms with Crippen LogP contribution in [0.2, 0.25) is 0 Å². The van der Waals surface area contributed by atoms with Crippen LogP contribution in [0, 0.1) is 0 Å². The summed E-state index contributed by atoms with van der Waals surface area (Å²) in [5, 5.41) is 14.6. The summed E-state index contributed by atoms with van der Waals surface area (Å²) in [6.07, 6.45) is -4.92. The Morgan fingerprint density at radius 3 is 2.64 bits per heavy atom. The summed E-state index contributed by atoms with van der Waals surface area (Å²) in [5.74, 6) is 1.02. The second kappa shape index (κ2) is 7.20. The average Bonchev–Trinajstić information content (AvgIpc) is 2.92. The summed E-state index contributed by atoms with van der Waals surface area (Å²) < 4.78 is 39.7. The molecule has 2 unspecified atom stereocenters. The standard InChI is InChI=1S/C13H18F3N3OS2/c1-7(11-4-5-21-22-11)18-10-3-2-8(19-12(17)20)6-9(10)13(14,15)16/h2-3,6-7,11-12,18-20H,4-5,17H2,1H3/t7-,11?,12?/m0/s1. The van der Waals surface area contributed by atoms with E-state index >= 15 is 0 Å². The minimum absolute atomic E-state index is 0.0366. The maximum Gasteiger partial charge on any atom is 0.418 e. The van der Waals surface area contributed by atoms with Gasteiger partial charge in [-0.15, -0.1) is 0 Å². The van der Waals surface area contributed by atoms with E-state index in [-0.39, 0.29) is 22.7 Å². The molecule has 1 saturated heterocycles. The molecule has 0 bridgehead atoms. The monoisotopic (exact) mass is 353 g/mol.